The fourth-order valence-electron chi connectivity index (χ4n) is 2.10. The second-order valence-electron chi connectivity index (χ2n) is 4.09. The highest BCUT2D eigenvalue weighted by molar-refractivity contribution is 9.10. The number of hydrogen-bond donors (Lipinski definition) is 0. The molecule has 94 valence electrons. The van der Waals surface area contributed by atoms with Crippen LogP contribution >= 0.6 is 43.5 Å². The first-order valence-corrected chi connectivity index (χ1v) is 7.58. The summed E-state index contributed by atoms with van der Waals surface area (Å²) in [5.41, 5.74) is 2.28. The molecule has 5 heteroatoms. The predicted molar refractivity (Wildman–Crippen MR) is 77.8 cm³/mol. The van der Waals surface area contributed by atoms with E-state index in [-0.39, 0.29) is 4.83 Å². The molecule has 0 saturated heterocycles. The number of hydrogen-bond acceptors (Lipinski definition) is 2. The van der Waals surface area contributed by atoms with Crippen molar-refractivity contribution < 1.29 is 9.15 Å². The van der Waals surface area contributed by atoms with E-state index in [0.29, 0.717) is 5.22 Å². The van der Waals surface area contributed by atoms with Crippen molar-refractivity contribution in [3.8, 4) is 5.75 Å². The molecule has 0 N–H and O–H groups in total. The average Bonchev–Trinajstić information content (AvgIpc) is 2.95. The van der Waals surface area contributed by atoms with Crippen LogP contribution < -0.4 is 4.74 Å². The van der Waals surface area contributed by atoms with Gasteiger partial charge >= 0.3 is 0 Å². The first kappa shape index (κ1) is 12.6. The van der Waals surface area contributed by atoms with Crippen LogP contribution in [0.4, 0.5) is 0 Å². The third-order valence-corrected chi connectivity index (χ3v) is 4.50. The molecule has 1 atom stereocenters. The first-order chi connectivity index (χ1) is 8.65. The molecule has 0 bridgehead atoms. The minimum Gasteiger partial charge on any atom is -0.493 e. The molecule has 0 saturated carbocycles. The Morgan fingerprint density at radius 2 is 2.11 bits per heavy atom. The number of furan rings is 1. The number of halogens is 3. The summed E-state index contributed by atoms with van der Waals surface area (Å²) < 4.78 is 12.2. The van der Waals surface area contributed by atoms with Gasteiger partial charge in [-0.15, -0.1) is 0 Å². The average molecular weight is 392 g/mol. The van der Waals surface area contributed by atoms with E-state index in [2.05, 4.69) is 37.9 Å². The lowest BCUT2D eigenvalue weighted by Crippen LogP contribution is -1.96. The lowest BCUT2D eigenvalue weighted by atomic mass is 10.0. The maximum absolute atomic E-state index is 5.81. The normalized spacial score (nSPS) is 15.3. The summed E-state index contributed by atoms with van der Waals surface area (Å²) in [6.45, 7) is 0.734. The van der Waals surface area contributed by atoms with E-state index in [1.807, 2.05) is 12.1 Å². The fourth-order valence-corrected chi connectivity index (χ4v) is 3.37. The molecule has 0 fully saturated rings. The van der Waals surface area contributed by atoms with Crippen molar-refractivity contribution in [2.45, 2.75) is 11.2 Å². The zero-order chi connectivity index (χ0) is 12.7. The molecule has 2 heterocycles. The third kappa shape index (κ3) is 2.22. The van der Waals surface area contributed by atoms with Gasteiger partial charge in [-0.25, -0.2) is 0 Å². The van der Waals surface area contributed by atoms with Crippen LogP contribution in [0.15, 0.2) is 33.2 Å². The Labute approximate surface area is 127 Å². The molecule has 0 radical (unpaired) electrons. The summed E-state index contributed by atoms with van der Waals surface area (Å²) in [5, 5.41) is 0.391. The zero-order valence-corrected chi connectivity index (χ0v) is 13.2. The van der Waals surface area contributed by atoms with Crippen LogP contribution in [0.25, 0.3) is 0 Å². The van der Waals surface area contributed by atoms with Crippen LogP contribution in [-0.2, 0) is 6.42 Å². The molecule has 0 spiro atoms. The maximum Gasteiger partial charge on any atom is 0.193 e. The van der Waals surface area contributed by atoms with Crippen LogP contribution in [0.3, 0.4) is 0 Å². The van der Waals surface area contributed by atoms with Gasteiger partial charge < -0.3 is 9.15 Å². The second-order valence-corrected chi connectivity index (χ2v) is 6.29. The summed E-state index contributed by atoms with van der Waals surface area (Å²) >= 11 is 13.0. The summed E-state index contributed by atoms with van der Waals surface area (Å²) in [6.07, 6.45) is 0.945. The van der Waals surface area contributed by atoms with Crippen molar-refractivity contribution in [2.75, 3.05) is 6.61 Å². The monoisotopic (exact) mass is 390 g/mol. The van der Waals surface area contributed by atoms with Gasteiger partial charge in [0.2, 0.25) is 0 Å². The Bertz CT molecular complexity index is 595. The molecule has 2 aromatic rings. The molecule has 2 nitrogen and oxygen atoms in total. The van der Waals surface area contributed by atoms with Gasteiger partial charge in [-0.05, 0) is 41.4 Å². The van der Waals surface area contributed by atoms with E-state index in [1.165, 1.54) is 5.56 Å². The Balaban J connectivity index is 2.06. The van der Waals surface area contributed by atoms with E-state index in [4.69, 9.17) is 20.8 Å². The summed E-state index contributed by atoms with van der Waals surface area (Å²) in [7, 11) is 0. The zero-order valence-electron chi connectivity index (χ0n) is 9.25. The minimum atomic E-state index is -0.0608. The molecule has 0 amide bonds. The van der Waals surface area contributed by atoms with Gasteiger partial charge in [0.25, 0.3) is 0 Å². The Kier molecular flexibility index (Phi) is 3.43. The Morgan fingerprint density at radius 3 is 2.83 bits per heavy atom. The maximum atomic E-state index is 5.81. The van der Waals surface area contributed by atoms with Crippen molar-refractivity contribution >= 4 is 43.5 Å². The topological polar surface area (TPSA) is 22.4 Å². The van der Waals surface area contributed by atoms with Crippen LogP contribution in [0.1, 0.15) is 21.7 Å². The van der Waals surface area contributed by atoms with Gasteiger partial charge in [-0.3, -0.25) is 0 Å². The molecule has 1 aromatic heterocycles. The highest BCUT2D eigenvalue weighted by Gasteiger charge is 2.24. The third-order valence-electron chi connectivity index (χ3n) is 2.89. The molecular weight excluding hydrogens is 383 g/mol. The van der Waals surface area contributed by atoms with Crippen molar-refractivity contribution in [3.05, 3.63) is 50.8 Å². The van der Waals surface area contributed by atoms with Crippen molar-refractivity contribution in [1.82, 2.24) is 0 Å². The van der Waals surface area contributed by atoms with Gasteiger partial charge in [-0.2, -0.15) is 0 Å². The number of ether oxygens (including phenoxy) is 1. The highest BCUT2D eigenvalue weighted by Crippen LogP contribution is 2.43. The molecule has 1 unspecified atom stereocenters. The molecule has 1 aliphatic rings. The lowest BCUT2D eigenvalue weighted by Gasteiger charge is -2.13. The fraction of sp³-hybridized carbons (Fsp3) is 0.231. The van der Waals surface area contributed by atoms with E-state index < -0.39 is 0 Å². The largest absolute Gasteiger partial charge is 0.493 e. The molecule has 1 aliphatic heterocycles. The molecule has 1 aromatic carbocycles. The van der Waals surface area contributed by atoms with Gasteiger partial charge in [0.1, 0.15) is 16.3 Å². The SMILES string of the molecule is Clc1ccc(C(Br)c2cc(Br)cc3c2OCC3)o1. The van der Waals surface area contributed by atoms with Crippen LogP contribution in [0.2, 0.25) is 5.22 Å². The standard InChI is InChI=1S/C13H9Br2ClO2/c14-8-5-7-3-4-17-13(7)9(6-8)12(15)10-1-2-11(16)18-10/h1-2,5-6,12H,3-4H2. The molecule has 18 heavy (non-hydrogen) atoms. The lowest BCUT2D eigenvalue weighted by molar-refractivity contribution is 0.353. The second kappa shape index (κ2) is 4.91. The summed E-state index contributed by atoms with van der Waals surface area (Å²) in [6, 6.07) is 7.74. The number of fused-ring (bicyclic) bond motifs is 1. The van der Waals surface area contributed by atoms with Crippen molar-refractivity contribution in [3.63, 3.8) is 0 Å². The molecule has 0 aliphatic carbocycles. The number of alkyl halides is 1. The van der Waals surface area contributed by atoms with Crippen LogP contribution in [0, 0.1) is 0 Å². The van der Waals surface area contributed by atoms with Crippen molar-refractivity contribution in [2.24, 2.45) is 0 Å². The van der Waals surface area contributed by atoms with Crippen LogP contribution in [0.5, 0.6) is 5.75 Å². The van der Waals surface area contributed by atoms with Crippen molar-refractivity contribution in [1.29, 1.82) is 0 Å². The van der Waals surface area contributed by atoms with E-state index in [9.17, 15) is 0 Å². The highest BCUT2D eigenvalue weighted by atomic mass is 79.9. The van der Waals surface area contributed by atoms with Gasteiger partial charge in [0, 0.05) is 16.5 Å². The quantitative estimate of drug-likeness (QED) is 0.663. The van der Waals surface area contributed by atoms with Crippen LogP contribution in [-0.4, -0.2) is 6.61 Å². The van der Waals surface area contributed by atoms with Gasteiger partial charge in [-0.1, -0.05) is 31.9 Å². The number of benzene rings is 1. The molecule has 3 rings (SSSR count). The molecular formula is C13H9Br2ClO2. The minimum absolute atomic E-state index is 0.0608. The van der Waals surface area contributed by atoms with E-state index in [1.54, 1.807) is 6.07 Å². The first-order valence-electron chi connectivity index (χ1n) is 5.49. The van der Waals surface area contributed by atoms with E-state index >= 15 is 0 Å². The Hall–Kier alpha value is -0.450. The van der Waals surface area contributed by atoms with E-state index in [0.717, 1.165) is 34.6 Å². The van der Waals surface area contributed by atoms with Gasteiger partial charge in [0.05, 0.1) is 6.61 Å². The summed E-state index contributed by atoms with van der Waals surface area (Å²) in [5.74, 6) is 1.73. The van der Waals surface area contributed by atoms with Gasteiger partial charge in [0.15, 0.2) is 5.22 Å². The Morgan fingerprint density at radius 1 is 1.28 bits per heavy atom. The summed E-state index contributed by atoms with van der Waals surface area (Å²) in [4.78, 5) is -0.0608. The predicted octanol–water partition coefficient (Wildman–Crippen LogP) is 5.11. The number of rotatable bonds is 2. The smallest absolute Gasteiger partial charge is 0.193 e.